The van der Waals surface area contributed by atoms with Crippen LogP contribution >= 0.6 is 23.4 Å². The van der Waals surface area contributed by atoms with Crippen molar-refractivity contribution in [2.75, 3.05) is 6.54 Å². The molecule has 0 radical (unpaired) electrons. The number of fused-ring (bicyclic) bond motifs is 2. The highest BCUT2D eigenvalue weighted by atomic mass is 35.5. The molecule has 0 saturated carbocycles. The van der Waals surface area contributed by atoms with Crippen molar-refractivity contribution in [1.29, 1.82) is 0 Å². The van der Waals surface area contributed by atoms with Gasteiger partial charge in [-0.05, 0) is 52.0 Å². The molecule has 0 aliphatic rings. The van der Waals surface area contributed by atoms with Crippen LogP contribution < -0.4 is 11.1 Å². The Morgan fingerprint density at radius 1 is 1.03 bits per heavy atom. The van der Waals surface area contributed by atoms with Gasteiger partial charge in [-0.25, -0.2) is 9.97 Å². The Labute approximate surface area is 207 Å². The average molecular weight is 498 g/mol. The van der Waals surface area contributed by atoms with Gasteiger partial charge in [0.1, 0.15) is 5.65 Å². The normalized spacial score (nSPS) is 12.0. The first-order valence-corrected chi connectivity index (χ1v) is 12.7. The number of hydrogen-bond acceptors (Lipinski definition) is 6. The molecule has 0 atom stereocenters. The van der Waals surface area contributed by atoms with Crippen molar-refractivity contribution in [3.05, 3.63) is 80.1 Å². The second kappa shape index (κ2) is 10.3. The van der Waals surface area contributed by atoms with Crippen LogP contribution in [0.25, 0.3) is 16.6 Å². The third kappa shape index (κ3) is 5.19. The fourth-order valence-electron chi connectivity index (χ4n) is 4.12. The van der Waals surface area contributed by atoms with E-state index in [1.54, 1.807) is 22.9 Å². The molecule has 7 nitrogen and oxygen atoms in total. The molecule has 4 aromatic rings. The van der Waals surface area contributed by atoms with Gasteiger partial charge in [-0.1, -0.05) is 35.5 Å². The summed E-state index contributed by atoms with van der Waals surface area (Å²) in [6, 6.07) is 13.1. The summed E-state index contributed by atoms with van der Waals surface area (Å²) < 4.78 is 3.17. The Morgan fingerprint density at radius 2 is 1.76 bits per heavy atom. The second-order valence-corrected chi connectivity index (χ2v) is 10.1. The van der Waals surface area contributed by atoms with Gasteiger partial charge in [-0.2, -0.15) is 0 Å². The summed E-state index contributed by atoms with van der Waals surface area (Å²) in [6.45, 7) is 9.91. The van der Waals surface area contributed by atoms with E-state index in [9.17, 15) is 9.59 Å². The van der Waals surface area contributed by atoms with Crippen LogP contribution in [0.3, 0.4) is 0 Å². The number of rotatable bonds is 8. The highest BCUT2D eigenvalue weighted by molar-refractivity contribution is 7.98. The smallest absolute Gasteiger partial charge is 0.262 e. The third-order valence-corrected chi connectivity index (χ3v) is 6.99. The van der Waals surface area contributed by atoms with Crippen LogP contribution in [0.4, 0.5) is 0 Å². The fourth-order valence-corrected chi connectivity index (χ4v) is 5.20. The minimum Gasteiger partial charge on any atom is -0.297 e. The highest BCUT2D eigenvalue weighted by Crippen LogP contribution is 2.22. The molecule has 3 heterocycles. The molecule has 0 N–H and O–H groups in total. The first-order valence-electron chi connectivity index (χ1n) is 11.3. The number of aromatic nitrogens is 4. The predicted octanol–water partition coefficient (Wildman–Crippen LogP) is 4.47. The zero-order valence-corrected chi connectivity index (χ0v) is 21.3. The average Bonchev–Trinajstić information content (AvgIpc) is 2.79. The second-order valence-electron chi connectivity index (χ2n) is 8.74. The number of halogens is 1. The monoisotopic (exact) mass is 497 g/mol. The minimum atomic E-state index is -0.198. The summed E-state index contributed by atoms with van der Waals surface area (Å²) in [4.78, 5) is 37.7. The lowest BCUT2D eigenvalue weighted by molar-refractivity contribution is 0.166. The lowest BCUT2D eigenvalue weighted by Crippen LogP contribution is -2.40. The van der Waals surface area contributed by atoms with Crippen LogP contribution in [-0.2, 0) is 12.3 Å². The van der Waals surface area contributed by atoms with Gasteiger partial charge in [-0.3, -0.25) is 23.5 Å². The SMILES string of the molecule is CC(C)N(CCn1c(SCc2cc(=O)n3cc(Cl)ccc3n2)nc2ccccc2c1=O)C(C)C. The van der Waals surface area contributed by atoms with Crippen LogP contribution in [0, 0.1) is 0 Å². The van der Waals surface area contributed by atoms with Crippen LogP contribution in [0.2, 0.25) is 5.02 Å². The fraction of sp³-hybridized carbons (Fsp3) is 0.360. The summed E-state index contributed by atoms with van der Waals surface area (Å²) in [5.41, 5.74) is 1.56. The van der Waals surface area contributed by atoms with E-state index in [4.69, 9.17) is 16.6 Å². The molecule has 0 bridgehead atoms. The number of para-hydroxylation sites is 1. The molecule has 0 amide bonds. The minimum absolute atomic E-state index is 0.0539. The Balaban J connectivity index is 1.68. The molecule has 34 heavy (non-hydrogen) atoms. The molecular formula is C25H28ClN5O2S. The molecule has 0 saturated heterocycles. The van der Waals surface area contributed by atoms with Gasteiger partial charge in [0.2, 0.25) is 0 Å². The van der Waals surface area contributed by atoms with Gasteiger partial charge in [0, 0.05) is 43.2 Å². The maximum atomic E-state index is 13.4. The third-order valence-electron chi connectivity index (χ3n) is 5.76. The zero-order valence-electron chi connectivity index (χ0n) is 19.7. The molecular weight excluding hydrogens is 470 g/mol. The lowest BCUT2D eigenvalue weighted by atomic mass is 10.2. The predicted molar refractivity (Wildman–Crippen MR) is 139 cm³/mol. The largest absolute Gasteiger partial charge is 0.297 e. The van der Waals surface area contributed by atoms with Gasteiger partial charge < -0.3 is 0 Å². The molecule has 1 aromatic carbocycles. The Hall–Kier alpha value is -2.68. The Kier molecular flexibility index (Phi) is 7.40. The highest BCUT2D eigenvalue weighted by Gasteiger charge is 2.17. The molecule has 9 heteroatoms. The van der Waals surface area contributed by atoms with Crippen molar-refractivity contribution in [2.24, 2.45) is 0 Å². The Morgan fingerprint density at radius 3 is 2.50 bits per heavy atom. The summed E-state index contributed by atoms with van der Waals surface area (Å²) in [5.74, 6) is 0.414. The van der Waals surface area contributed by atoms with Gasteiger partial charge in [-0.15, -0.1) is 0 Å². The van der Waals surface area contributed by atoms with Crippen LogP contribution in [-0.4, -0.2) is 42.5 Å². The molecule has 178 valence electrons. The van der Waals surface area contributed by atoms with E-state index in [2.05, 4.69) is 37.6 Å². The van der Waals surface area contributed by atoms with E-state index >= 15 is 0 Å². The first kappa shape index (κ1) is 24.4. The molecule has 3 aromatic heterocycles. The number of pyridine rings is 1. The number of hydrogen-bond donors (Lipinski definition) is 0. The van der Waals surface area contributed by atoms with Gasteiger partial charge in [0.15, 0.2) is 5.16 Å². The van der Waals surface area contributed by atoms with E-state index in [-0.39, 0.29) is 11.1 Å². The van der Waals surface area contributed by atoms with Crippen LogP contribution in [0.15, 0.2) is 63.4 Å². The van der Waals surface area contributed by atoms with Crippen LogP contribution in [0.5, 0.6) is 0 Å². The van der Waals surface area contributed by atoms with Crippen molar-refractivity contribution in [2.45, 2.75) is 57.2 Å². The van der Waals surface area contributed by atoms with E-state index in [1.165, 1.54) is 22.2 Å². The van der Waals surface area contributed by atoms with Gasteiger partial charge >= 0.3 is 0 Å². The van der Waals surface area contributed by atoms with E-state index in [0.29, 0.717) is 56.8 Å². The molecule has 4 rings (SSSR count). The van der Waals surface area contributed by atoms with E-state index in [0.717, 1.165) is 6.54 Å². The number of benzene rings is 1. The quantitative estimate of drug-likeness (QED) is 0.264. The molecule has 0 aliphatic carbocycles. The maximum absolute atomic E-state index is 13.4. The Bertz CT molecular complexity index is 1440. The molecule has 0 spiro atoms. The summed E-state index contributed by atoms with van der Waals surface area (Å²) in [6.07, 6.45) is 1.56. The summed E-state index contributed by atoms with van der Waals surface area (Å²) in [7, 11) is 0. The lowest BCUT2D eigenvalue weighted by Gasteiger charge is -2.30. The van der Waals surface area contributed by atoms with Crippen LogP contribution in [0.1, 0.15) is 33.4 Å². The number of nitrogens with zero attached hydrogens (tertiary/aromatic N) is 5. The first-order chi connectivity index (χ1) is 16.2. The standard InChI is InChI=1S/C25H28ClN5O2S/c1-16(2)29(17(3)4)11-12-30-24(33)20-7-5-6-8-21(20)28-25(30)34-15-19-13-23(32)31-14-18(26)9-10-22(31)27-19/h5-10,13-14,16-17H,11-12,15H2,1-4H3. The van der Waals surface area contributed by atoms with Crippen molar-refractivity contribution in [1.82, 2.24) is 23.8 Å². The topological polar surface area (TPSA) is 72.5 Å². The summed E-state index contributed by atoms with van der Waals surface area (Å²) in [5, 5.41) is 1.69. The molecule has 0 aliphatic heterocycles. The maximum Gasteiger partial charge on any atom is 0.262 e. The van der Waals surface area contributed by atoms with Gasteiger partial charge in [0.25, 0.3) is 11.1 Å². The molecule has 0 fully saturated rings. The zero-order chi connectivity index (χ0) is 24.4. The summed E-state index contributed by atoms with van der Waals surface area (Å²) >= 11 is 7.42. The van der Waals surface area contributed by atoms with Crippen molar-refractivity contribution >= 4 is 39.9 Å². The van der Waals surface area contributed by atoms with Crippen molar-refractivity contribution in [3.8, 4) is 0 Å². The molecule has 0 unspecified atom stereocenters. The van der Waals surface area contributed by atoms with Crippen molar-refractivity contribution in [3.63, 3.8) is 0 Å². The van der Waals surface area contributed by atoms with E-state index in [1.807, 2.05) is 24.3 Å². The van der Waals surface area contributed by atoms with Gasteiger partial charge in [0.05, 0.1) is 21.6 Å². The van der Waals surface area contributed by atoms with E-state index < -0.39 is 0 Å². The van der Waals surface area contributed by atoms with Crippen molar-refractivity contribution < 1.29 is 0 Å². The number of thioether (sulfide) groups is 1.